The van der Waals surface area contributed by atoms with E-state index >= 15 is 0 Å². The monoisotopic (exact) mass is 303 g/mol. The summed E-state index contributed by atoms with van der Waals surface area (Å²) >= 11 is 1.68. The number of nitrogens with zero attached hydrogens (tertiary/aromatic N) is 4. The molecule has 0 radical (unpaired) electrons. The highest BCUT2D eigenvalue weighted by Crippen LogP contribution is 2.37. The zero-order chi connectivity index (χ0) is 14.7. The molecule has 112 valence electrons. The van der Waals surface area contributed by atoms with E-state index in [0.717, 1.165) is 5.16 Å². The zero-order valence-corrected chi connectivity index (χ0v) is 13.1. The molecule has 6 heteroatoms. The maximum Gasteiger partial charge on any atom is 0.210 e. The lowest BCUT2D eigenvalue weighted by atomic mass is 10.1. The van der Waals surface area contributed by atoms with Crippen molar-refractivity contribution in [2.75, 3.05) is 6.54 Å². The summed E-state index contributed by atoms with van der Waals surface area (Å²) in [5.41, 5.74) is 8.53. The van der Waals surface area contributed by atoms with Crippen LogP contribution in [0, 0.1) is 6.92 Å². The molecule has 1 heterocycles. The number of nitrogens with two attached hydrogens (primary N) is 1. The molecule has 2 N–H and O–H groups in total. The Kier molecular flexibility index (Phi) is 4.55. The summed E-state index contributed by atoms with van der Waals surface area (Å²) in [6.45, 7) is 2.70. The Hall–Kier alpha value is -1.40. The summed E-state index contributed by atoms with van der Waals surface area (Å²) in [7, 11) is 0. The molecule has 0 spiro atoms. The molecule has 1 atom stereocenters. The average molecular weight is 303 g/mol. The molecule has 1 aromatic heterocycles. The minimum atomic E-state index is 0.192. The van der Waals surface area contributed by atoms with Crippen molar-refractivity contribution in [1.82, 2.24) is 20.2 Å². The van der Waals surface area contributed by atoms with Crippen LogP contribution in [0.5, 0.6) is 0 Å². The van der Waals surface area contributed by atoms with Crippen LogP contribution in [-0.4, -0.2) is 26.8 Å². The van der Waals surface area contributed by atoms with Crippen LogP contribution in [0.3, 0.4) is 0 Å². The summed E-state index contributed by atoms with van der Waals surface area (Å²) in [4.78, 5) is 0. The molecular weight excluding hydrogens is 282 g/mol. The molecule has 1 aliphatic rings. The molecule has 5 nitrogen and oxygen atoms in total. The standard InChI is InChI=1S/C15H21N5S/c1-11-6-2-5-9-13(11)14(10-16)21-15-17-18-19-20(15)12-7-3-4-8-12/h2,5-6,9,12,14H,3-4,7-8,10,16H2,1H3. The third-order valence-electron chi connectivity index (χ3n) is 4.13. The molecule has 0 aliphatic heterocycles. The highest BCUT2D eigenvalue weighted by molar-refractivity contribution is 7.99. The Morgan fingerprint density at radius 2 is 2.10 bits per heavy atom. The van der Waals surface area contributed by atoms with E-state index in [0.29, 0.717) is 12.6 Å². The Labute approximate surface area is 129 Å². The van der Waals surface area contributed by atoms with Gasteiger partial charge >= 0.3 is 0 Å². The fraction of sp³-hybridized carbons (Fsp3) is 0.533. The maximum atomic E-state index is 6.00. The second-order valence-electron chi connectivity index (χ2n) is 5.54. The van der Waals surface area contributed by atoms with Crippen molar-refractivity contribution in [1.29, 1.82) is 0 Å². The van der Waals surface area contributed by atoms with Crippen LogP contribution in [0.2, 0.25) is 0 Å². The SMILES string of the molecule is Cc1ccccc1C(CN)Sc1nnnn1C1CCCC1. The molecule has 3 rings (SSSR count). The lowest BCUT2D eigenvalue weighted by Crippen LogP contribution is -2.13. The number of tetrazole rings is 1. The summed E-state index contributed by atoms with van der Waals surface area (Å²) < 4.78 is 2.00. The van der Waals surface area contributed by atoms with E-state index in [1.807, 2.05) is 4.68 Å². The van der Waals surface area contributed by atoms with Gasteiger partial charge in [0.15, 0.2) is 0 Å². The first-order chi connectivity index (χ1) is 10.3. The smallest absolute Gasteiger partial charge is 0.210 e. The van der Waals surface area contributed by atoms with Gasteiger partial charge in [-0.3, -0.25) is 0 Å². The summed E-state index contributed by atoms with van der Waals surface area (Å²) in [6, 6.07) is 8.84. The van der Waals surface area contributed by atoms with E-state index < -0.39 is 0 Å². The number of hydrogen-bond acceptors (Lipinski definition) is 5. The van der Waals surface area contributed by atoms with E-state index in [9.17, 15) is 0 Å². The van der Waals surface area contributed by atoms with Crippen molar-refractivity contribution in [2.24, 2.45) is 5.73 Å². The van der Waals surface area contributed by atoms with Crippen molar-refractivity contribution in [3.05, 3.63) is 35.4 Å². The van der Waals surface area contributed by atoms with Gasteiger partial charge in [0, 0.05) is 11.8 Å². The van der Waals surface area contributed by atoms with Gasteiger partial charge in [0.25, 0.3) is 0 Å². The normalized spacial score (nSPS) is 17.2. The van der Waals surface area contributed by atoms with Crippen molar-refractivity contribution in [3.63, 3.8) is 0 Å². The van der Waals surface area contributed by atoms with E-state index in [1.54, 1.807) is 11.8 Å². The van der Waals surface area contributed by atoms with Gasteiger partial charge in [-0.2, -0.15) is 0 Å². The first kappa shape index (κ1) is 14.5. The zero-order valence-electron chi connectivity index (χ0n) is 12.3. The number of thioether (sulfide) groups is 1. The van der Waals surface area contributed by atoms with Gasteiger partial charge in [-0.15, -0.1) is 5.10 Å². The lowest BCUT2D eigenvalue weighted by Gasteiger charge is -2.18. The van der Waals surface area contributed by atoms with Crippen molar-refractivity contribution >= 4 is 11.8 Å². The molecule has 1 unspecified atom stereocenters. The molecule has 0 bridgehead atoms. The summed E-state index contributed by atoms with van der Waals surface area (Å²) in [5, 5.41) is 13.4. The van der Waals surface area contributed by atoms with Crippen LogP contribution in [0.15, 0.2) is 29.4 Å². The first-order valence-corrected chi connectivity index (χ1v) is 8.37. The van der Waals surface area contributed by atoms with Crippen LogP contribution in [0.4, 0.5) is 0 Å². The minimum Gasteiger partial charge on any atom is -0.329 e. The maximum absolute atomic E-state index is 6.00. The van der Waals surface area contributed by atoms with E-state index in [4.69, 9.17) is 5.73 Å². The third kappa shape index (κ3) is 3.11. The molecule has 21 heavy (non-hydrogen) atoms. The van der Waals surface area contributed by atoms with E-state index in [2.05, 4.69) is 46.7 Å². The molecule has 1 aliphatic carbocycles. The third-order valence-corrected chi connectivity index (χ3v) is 5.34. The molecule has 0 amide bonds. The van der Waals surface area contributed by atoms with Gasteiger partial charge in [0.1, 0.15) is 0 Å². The largest absolute Gasteiger partial charge is 0.329 e. The fourth-order valence-corrected chi connectivity index (χ4v) is 4.07. The Morgan fingerprint density at radius 1 is 1.33 bits per heavy atom. The van der Waals surface area contributed by atoms with E-state index in [-0.39, 0.29) is 5.25 Å². The molecular formula is C15H21N5S. The lowest BCUT2D eigenvalue weighted by molar-refractivity contribution is 0.422. The predicted octanol–water partition coefficient (Wildman–Crippen LogP) is 2.89. The van der Waals surface area contributed by atoms with Crippen LogP contribution in [-0.2, 0) is 0 Å². The predicted molar refractivity (Wildman–Crippen MR) is 84.2 cm³/mol. The molecule has 1 fully saturated rings. The second kappa shape index (κ2) is 6.58. The quantitative estimate of drug-likeness (QED) is 0.860. The summed E-state index contributed by atoms with van der Waals surface area (Å²) in [5.74, 6) is 0. The van der Waals surface area contributed by atoms with Crippen molar-refractivity contribution < 1.29 is 0 Å². The van der Waals surface area contributed by atoms with Gasteiger partial charge in [0.05, 0.1) is 6.04 Å². The van der Waals surface area contributed by atoms with Crippen LogP contribution >= 0.6 is 11.8 Å². The topological polar surface area (TPSA) is 69.6 Å². The Morgan fingerprint density at radius 3 is 2.81 bits per heavy atom. The number of benzene rings is 1. The molecule has 1 aromatic carbocycles. The fourth-order valence-electron chi connectivity index (χ4n) is 2.95. The number of aromatic nitrogens is 4. The highest BCUT2D eigenvalue weighted by Gasteiger charge is 2.24. The van der Waals surface area contributed by atoms with Crippen LogP contribution in [0.1, 0.15) is 48.1 Å². The van der Waals surface area contributed by atoms with Gasteiger partial charge in [-0.1, -0.05) is 48.9 Å². The van der Waals surface area contributed by atoms with Gasteiger partial charge in [0.2, 0.25) is 5.16 Å². The number of aryl methyl sites for hydroxylation is 1. The minimum absolute atomic E-state index is 0.192. The molecule has 2 aromatic rings. The van der Waals surface area contributed by atoms with Crippen molar-refractivity contribution in [2.45, 2.75) is 49.1 Å². The Balaban J connectivity index is 1.82. The number of hydrogen-bond donors (Lipinski definition) is 1. The average Bonchev–Trinajstić information content (AvgIpc) is 3.16. The first-order valence-electron chi connectivity index (χ1n) is 7.49. The highest BCUT2D eigenvalue weighted by atomic mass is 32.2. The molecule has 0 saturated heterocycles. The summed E-state index contributed by atoms with van der Waals surface area (Å²) in [6.07, 6.45) is 4.89. The Bertz CT molecular complexity index is 591. The van der Waals surface area contributed by atoms with E-state index in [1.165, 1.54) is 36.8 Å². The van der Waals surface area contributed by atoms with Gasteiger partial charge < -0.3 is 5.73 Å². The van der Waals surface area contributed by atoms with Gasteiger partial charge in [-0.05, 0) is 41.3 Å². The van der Waals surface area contributed by atoms with Gasteiger partial charge in [-0.25, -0.2) is 4.68 Å². The second-order valence-corrected chi connectivity index (χ2v) is 6.71. The van der Waals surface area contributed by atoms with Crippen LogP contribution in [0.25, 0.3) is 0 Å². The molecule has 1 saturated carbocycles. The van der Waals surface area contributed by atoms with Crippen molar-refractivity contribution in [3.8, 4) is 0 Å². The number of rotatable bonds is 5. The van der Waals surface area contributed by atoms with Crippen LogP contribution < -0.4 is 5.73 Å².